The number of phenolic OH excluding ortho intramolecular Hbond substituents is 1. The molecule has 2 rings (SSSR count). The predicted molar refractivity (Wildman–Crippen MR) is 77.8 cm³/mol. The van der Waals surface area contributed by atoms with Gasteiger partial charge in [0.05, 0.1) is 6.61 Å². The molecular formula is C15H20O9. The standard InChI is InChI=1S/C15H20O9/c1-2-7-3-4-9(17)8(5-7)14(21)23-24-15-13(20)12(19)11(18)10(6-16)22-15/h3-5,10-13,15-20H,2,6H2,1H3/t10-,11-,12+,13-,15?/m1/s1. The first-order chi connectivity index (χ1) is 11.4. The van der Waals surface area contributed by atoms with E-state index in [-0.39, 0.29) is 11.3 Å². The highest BCUT2D eigenvalue weighted by Gasteiger charge is 2.45. The SMILES string of the molecule is CCc1ccc(O)c(C(=O)OOC2O[C@H](CO)[C@@H](O)[C@H](O)[C@H]2O)c1. The van der Waals surface area contributed by atoms with Crippen LogP contribution in [-0.2, 0) is 20.9 Å². The van der Waals surface area contributed by atoms with E-state index in [1.807, 2.05) is 6.92 Å². The lowest BCUT2D eigenvalue weighted by molar-refractivity contribution is -0.399. The van der Waals surface area contributed by atoms with Gasteiger partial charge in [-0.2, -0.15) is 0 Å². The summed E-state index contributed by atoms with van der Waals surface area (Å²) in [7, 11) is 0. The van der Waals surface area contributed by atoms with Crippen molar-refractivity contribution >= 4 is 5.97 Å². The Labute approximate surface area is 137 Å². The fourth-order valence-electron chi connectivity index (χ4n) is 2.25. The maximum Gasteiger partial charge on any atom is 0.376 e. The Morgan fingerprint density at radius 3 is 2.54 bits per heavy atom. The number of aromatic hydroxyl groups is 1. The van der Waals surface area contributed by atoms with E-state index < -0.39 is 43.3 Å². The Morgan fingerprint density at radius 1 is 1.21 bits per heavy atom. The van der Waals surface area contributed by atoms with Crippen LogP contribution in [-0.4, -0.2) is 68.8 Å². The van der Waals surface area contributed by atoms with Gasteiger partial charge in [0, 0.05) is 0 Å². The van der Waals surface area contributed by atoms with E-state index in [9.17, 15) is 25.2 Å². The van der Waals surface area contributed by atoms with E-state index in [4.69, 9.17) is 9.84 Å². The lowest BCUT2D eigenvalue weighted by Gasteiger charge is -2.38. The summed E-state index contributed by atoms with van der Waals surface area (Å²) in [5.74, 6) is -1.34. The van der Waals surface area contributed by atoms with Crippen molar-refractivity contribution in [2.75, 3.05) is 6.61 Å². The molecule has 0 bridgehead atoms. The smallest absolute Gasteiger partial charge is 0.376 e. The van der Waals surface area contributed by atoms with Gasteiger partial charge in [-0.1, -0.05) is 13.0 Å². The van der Waals surface area contributed by atoms with E-state index >= 15 is 0 Å². The summed E-state index contributed by atoms with van der Waals surface area (Å²) in [6.07, 6.45) is -7.08. The molecule has 1 unspecified atom stereocenters. The number of hydrogen-bond acceptors (Lipinski definition) is 9. The summed E-state index contributed by atoms with van der Waals surface area (Å²) < 4.78 is 5.02. The number of phenols is 1. The molecule has 1 saturated heterocycles. The van der Waals surface area contributed by atoms with Gasteiger partial charge < -0.3 is 30.3 Å². The van der Waals surface area contributed by atoms with Crippen molar-refractivity contribution in [3.8, 4) is 5.75 Å². The second kappa shape index (κ2) is 7.88. The number of ether oxygens (including phenoxy) is 1. The molecule has 0 saturated carbocycles. The van der Waals surface area contributed by atoms with Crippen LogP contribution in [0.4, 0.5) is 0 Å². The van der Waals surface area contributed by atoms with Gasteiger partial charge in [0.25, 0.3) is 0 Å². The Bertz CT molecular complexity index is 574. The van der Waals surface area contributed by atoms with E-state index in [0.717, 1.165) is 5.56 Å². The summed E-state index contributed by atoms with van der Waals surface area (Å²) in [5.41, 5.74) is 0.645. The molecule has 134 valence electrons. The topological polar surface area (TPSA) is 146 Å². The highest BCUT2D eigenvalue weighted by atomic mass is 17.2. The van der Waals surface area contributed by atoms with Crippen molar-refractivity contribution in [2.24, 2.45) is 0 Å². The van der Waals surface area contributed by atoms with Crippen LogP contribution in [0.2, 0.25) is 0 Å². The number of aliphatic hydroxyl groups is 4. The Hall–Kier alpha value is -1.75. The van der Waals surface area contributed by atoms with Crippen molar-refractivity contribution in [1.82, 2.24) is 0 Å². The average Bonchev–Trinajstić information content (AvgIpc) is 2.59. The minimum absolute atomic E-state index is 0.140. The van der Waals surface area contributed by atoms with Crippen LogP contribution < -0.4 is 0 Å². The van der Waals surface area contributed by atoms with Gasteiger partial charge in [0.1, 0.15) is 35.7 Å². The minimum Gasteiger partial charge on any atom is -0.507 e. The van der Waals surface area contributed by atoms with E-state index in [0.29, 0.717) is 6.42 Å². The van der Waals surface area contributed by atoms with Crippen LogP contribution in [0.25, 0.3) is 0 Å². The Balaban J connectivity index is 2.03. The summed E-state index contributed by atoms with van der Waals surface area (Å²) >= 11 is 0. The maximum atomic E-state index is 12.0. The molecule has 9 nitrogen and oxygen atoms in total. The van der Waals surface area contributed by atoms with Crippen molar-refractivity contribution in [3.05, 3.63) is 29.3 Å². The molecule has 1 fully saturated rings. The van der Waals surface area contributed by atoms with Crippen molar-refractivity contribution in [1.29, 1.82) is 0 Å². The molecule has 1 heterocycles. The number of carbonyl (C=O) groups is 1. The number of hydrogen-bond donors (Lipinski definition) is 5. The molecule has 1 aromatic carbocycles. The van der Waals surface area contributed by atoms with Gasteiger partial charge in [-0.05, 0) is 24.1 Å². The highest BCUT2D eigenvalue weighted by Crippen LogP contribution is 2.24. The molecule has 1 aliphatic heterocycles. The molecule has 1 aromatic rings. The van der Waals surface area contributed by atoms with Crippen LogP contribution in [0.5, 0.6) is 5.75 Å². The summed E-state index contributed by atoms with van der Waals surface area (Å²) in [5, 5.41) is 47.8. The Morgan fingerprint density at radius 2 is 1.92 bits per heavy atom. The first-order valence-corrected chi connectivity index (χ1v) is 7.39. The zero-order chi connectivity index (χ0) is 17.9. The molecule has 1 aliphatic rings. The lowest BCUT2D eigenvalue weighted by Crippen LogP contribution is -2.59. The number of benzene rings is 1. The van der Waals surface area contributed by atoms with E-state index in [2.05, 4.69) is 9.78 Å². The van der Waals surface area contributed by atoms with Gasteiger partial charge in [-0.25, -0.2) is 4.79 Å². The van der Waals surface area contributed by atoms with Crippen LogP contribution in [0.15, 0.2) is 18.2 Å². The van der Waals surface area contributed by atoms with Gasteiger partial charge in [0.15, 0.2) is 0 Å². The zero-order valence-corrected chi connectivity index (χ0v) is 12.9. The fourth-order valence-corrected chi connectivity index (χ4v) is 2.25. The second-order valence-electron chi connectivity index (χ2n) is 5.37. The molecule has 0 spiro atoms. The van der Waals surface area contributed by atoms with Gasteiger partial charge >= 0.3 is 5.97 Å². The van der Waals surface area contributed by atoms with Crippen LogP contribution in [0, 0.1) is 0 Å². The quantitative estimate of drug-likeness (QED) is 0.330. The molecule has 0 aromatic heterocycles. The molecule has 0 amide bonds. The first-order valence-electron chi connectivity index (χ1n) is 7.39. The second-order valence-corrected chi connectivity index (χ2v) is 5.37. The van der Waals surface area contributed by atoms with Gasteiger partial charge in [-0.15, -0.1) is 4.89 Å². The summed E-state index contributed by atoms with van der Waals surface area (Å²) in [6.45, 7) is 1.23. The van der Waals surface area contributed by atoms with E-state index in [1.54, 1.807) is 6.07 Å². The Kier molecular flexibility index (Phi) is 6.10. The molecule has 0 radical (unpaired) electrons. The van der Waals surface area contributed by atoms with Crippen LogP contribution >= 0.6 is 0 Å². The summed E-state index contributed by atoms with van der Waals surface area (Å²) in [6, 6.07) is 4.40. The van der Waals surface area contributed by atoms with Gasteiger partial charge in [-0.3, -0.25) is 4.89 Å². The third-order valence-electron chi connectivity index (χ3n) is 3.76. The third-order valence-corrected chi connectivity index (χ3v) is 3.76. The predicted octanol–water partition coefficient (Wildman–Crippen LogP) is -1.16. The minimum atomic E-state index is -1.70. The largest absolute Gasteiger partial charge is 0.507 e. The third kappa shape index (κ3) is 3.83. The fraction of sp³-hybridized carbons (Fsp3) is 0.533. The highest BCUT2D eigenvalue weighted by molar-refractivity contribution is 5.92. The number of aliphatic hydroxyl groups excluding tert-OH is 4. The monoisotopic (exact) mass is 344 g/mol. The van der Waals surface area contributed by atoms with Crippen molar-refractivity contribution in [3.63, 3.8) is 0 Å². The summed E-state index contributed by atoms with van der Waals surface area (Å²) in [4.78, 5) is 21.2. The van der Waals surface area contributed by atoms with Gasteiger partial charge in [0.2, 0.25) is 6.29 Å². The van der Waals surface area contributed by atoms with Crippen LogP contribution in [0.3, 0.4) is 0 Å². The number of carbonyl (C=O) groups excluding carboxylic acids is 1. The van der Waals surface area contributed by atoms with Crippen LogP contribution in [0.1, 0.15) is 22.8 Å². The molecule has 9 heteroatoms. The molecule has 5 N–H and O–H groups in total. The molecule has 5 atom stereocenters. The number of aryl methyl sites for hydroxylation is 1. The lowest BCUT2D eigenvalue weighted by atomic mass is 9.99. The molecule has 24 heavy (non-hydrogen) atoms. The molecular weight excluding hydrogens is 324 g/mol. The maximum absolute atomic E-state index is 12.0. The normalized spacial score (nSPS) is 30.1. The number of rotatable bonds is 5. The average molecular weight is 344 g/mol. The van der Waals surface area contributed by atoms with Crippen molar-refractivity contribution in [2.45, 2.75) is 44.1 Å². The van der Waals surface area contributed by atoms with E-state index in [1.165, 1.54) is 12.1 Å². The zero-order valence-electron chi connectivity index (χ0n) is 12.9. The molecule has 0 aliphatic carbocycles. The van der Waals surface area contributed by atoms with Crippen molar-refractivity contribution < 1.29 is 44.8 Å². The first kappa shape index (κ1) is 18.6.